The largest absolute Gasteiger partial charge is 0.402 e. The Morgan fingerprint density at radius 3 is 2.52 bits per heavy atom. The molecular formula is C19H21ClN5O2+. The Morgan fingerprint density at radius 2 is 1.89 bits per heavy atom. The van der Waals surface area contributed by atoms with E-state index in [1.54, 1.807) is 19.2 Å². The van der Waals surface area contributed by atoms with E-state index in [4.69, 9.17) is 11.6 Å². The summed E-state index contributed by atoms with van der Waals surface area (Å²) in [6, 6.07) is 6.35. The van der Waals surface area contributed by atoms with Crippen LogP contribution in [-0.2, 0) is 11.3 Å². The molecule has 0 spiro atoms. The van der Waals surface area contributed by atoms with E-state index in [0.29, 0.717) is 16.8 Å². The van der Waals surface area contributed by atoms with E-state index in [9.17, 15) is 9.59 Å². The normalized spacial score (nSPS) is 18.9. The first kappa shape index (κ1) is 17.7. The summed E-state index contributed by atoms with van der Waals surface area (Å²) in [6.07, 6.45) is 1.93. The van der Waals surface area contributed by atoms with Crippen molar-refractivity contribution < 1.29 is 14.2 Å². The molecule has 1 fully saturated rings. The van der Waals surface area contributed by atoms with Gasteiger partial charge in [0, 0.05) is 12.1 Å². The quantitative estimate of drug-likeness (QED) is 0.761. The molecule has 2 aliphatic rings. The van der Waals surface area contributed by atoms with Crippen LogP contribution < -0.4 is 4.57 Å². The van der Waals surface area contributed by atoms with Gasteiger partial charge in [-0.3, -0.25) is 14.6 Å². The van der Waals surface area contributed by atoms with Gasteiger partial charge in [0.05, 0.1) is 12.6 Å². The lowest BCUT2D eigenvalue weighted by molar-refractivity contribution is -0.677. The number of benzene rings is 1. The predicted octanol–water partition coefficient (Wildman–Crippen LogP) is 3.00. The van der Waals surface area contributed by atoms with Crippen molar-refractivity contribution in [3.05, 3.63) is 46.7 Å². The van der Waals surface area contributed by atoms with Crippen molar-refractivity contribution >= 4 is 35.3 Å². The van der Waals surface area contributed by atoms with Gasteiger partial charge in [0.1, 0.15) is 11.9 Å². The first-order valence-corrected chi connectivity index (χ1v) is 9.22. The molecule has 140 valence electrons. The smallest absolute Gasteiger partial charge is 0.270 e. The van der Waals surface area contributed by atoms with Crippen LogP contribution in [0.1, 0.15) is 37.2 Å². The highest BCUT2D eigenvalue weighted by Gasteiger charge is 2.53. The second-order valence-corrected chi connectivity index (χ2v) is 7.64. The minimum Gasteiger partial charge on any atom is -0.270 e. The predicted molar refractivity (Wildman–Crippen MR) is 101 cm³/mol. The van der Waals surface area contributed by atoms with Gasteiger partial charge >= 0.3 is 12.0 Å². The molecule has 0 aliphatic carbocycles. The Labute approximate surface area is 162 Å². The number of imidazole rings is 1. The molecule has 1 aromatic carbocycles. The molecular weight excluding hydrogens is 366 g/mol. The number of amidine groups is 1. The number of hydrogen-bond acceptors (Lipinski definition) is 3. The highest BCUT2D eigenvalue weighted by molar-refractivity contribution is 6.30. The van der Waals surface area contributed by atoms with Crippen molar-refractivity contribution in [3.63, 3.8) is 0 Å². The maximum atomic E-state index is 13.2. The van der Waals surface area contributed by atoms with Crippen LogP contribution in [0.25, 0.3) is 0 Å². The van der Waals surface area contributed by atoms with Crippen molar-refractivity contribution in [2.24, 2.45) is 4.99 Å². The minimum atomic E-state index is -0.617. The van der Waals surface area contributed by atoms with Crippen molar-refractivity contribution in [1.82, 2.24) is 14.4 Å². The third-order valence-electron chi connectivity index (χ3n) is 5.02. The Hall–Kier alpha value is -2.67. The number of aryl methyl sites for hydroxylation is 1. The number of rotatable bonds is 3. The van der Waals surface area contributed by atoms with Gasteiger partial charge in [0.2, 0.25) is 11.9 Å². The number of carbonyl (C=O) groups excluding carboxylic acids is 2. The molecule has 7 nitrogen and oxygen atoms in total. The van der Waals surface area contributed by atoms with Crippen LogP contribution in [0.4, 0.5) is 10.7 Å². The van der Waals surface area contributed by atoms with Crippen molar-refractivity contribution in [1.29, 1.82) is 0 Å². The maximum absolute atomic E-state index is 13.2. The first-order valence-electron chi connectivity index (χ1n) is 8.84. The highest BCUT2D eigenvalue weighted by atomic mass is 35.5. The van der Waals surface area contributed by atoms with E-state index in [0.717, 1.165) is 11.3 Å². The number of nitrogens with zero attached hydrogens (tertiary/aromatic N) is 5. The van der Waals surface area contributed by atoms with Crippen molar-refractivity contribution in [3.8, 4) is 0 Å². The fourth-order valence-corrected chi connectivity index (χ4v) is 3.88. The van der Waals surface area contributed by atoms with E-state index in [-0.39, 0.29) is 24.5 Å². The van der Waals surface area contributed by atoms with Crippen LogP contribution in [0.15, 0.2) is 35.5 Å². The third-order valence-corrected chi connectivity index (χ3v) is 5.27. The monoisotopic (exact) mass is 386 g/mol. The van der Waals surface area contributed by atoms with Gasteiger partial charge < -0.3 is 0 Å². The summed E-state index contributed by atoms with van der Waals surface area (Å²) in [5.74, 6) is 0.905. The van der Waals surface area contributed by atoms with Crippen molar-refractivity contribution in [2.45, 2.75) is 39.4 Å². The van der Waals surface area contributed by atoms with Crippen molar-refractivity contribution in [2.75, 3.05) is 7.05 Å². The Balaban J connectivity index is 1.73. The molecule has 1 unspecified atom stereocenters. The summed E-state index contributed by atoms with van der Waals surface area (Å²) < 4.78 is 3.94. The third kappa shape index (κ3) is 2.65. The van der Waals surface area contributed by atoms with Crippen LogP contribution >= 0.6 is 11.6 Å². The number of urea groups is 1. The lowest BCUT2D eigenvalue weighted by Crippen LogP contribution is -2.62. The lowest BCUT2D eigenvalue weighted by Gasteiger charge is -2.33. The van der Waals surface area contributed by atoms with Gasteiger partial charge in [-0.05, 0) is 38.5 Å². The molecule has 0 radical (unpaired) electrons. The highest BCUT2D eigenvalue weighted by Crippen LogP contribution is 2.31. The Kier molecular flexibility index (Phi) is 4.07. The molecule has 8 heteroatoms. The number of likely N-dealkylation sites (N-methyl/N-ethyl adjacent to an activating group) is 1. The summed E-state index contributed by atoms with van der Waals surface area (Å²) in [6.45, 7) is 6.33. The van der Waals surface area contributed by atoms with Crippen LogP contribution in [-0.4, -0.2) is 39.2 Å². The molecule has 1 saturated heterocycles. The molecule has 2 aromatic rings. The fraction of sp³-hybridized carbons (Fsp3) is 0.368. The van der Waals surface area contributed by atoms with Gasteiger partial charge in [-0.1, -0.05) is 28.7 Å². The van der Waals surface area contributed by atoms with E-state index in [1.807, 2.05) is 29.8 Å². The molecule has 2 aliphatic heterocycles. The molecule has 0 N–H and O–H groups in total. The zero-order valence-corrected chi connectivity index (χ0v) is 16.4. The zero-order chi connectivity index (χ0) is 19.5. The van der Waals surface area contributed by atoms with E-state index >= 15 is 0 Å². The molecule has 0 bridgehead atoms. The van der Waals surface area contributed by atoms with Crippen LogP contribution in [0.5, 0.6) is 0 Å². The number of halogens is 1. The maximum Gasteiger partial charge on any atom is 0.402 e. The second-order valence-electron chi connectivity index (χ2n) is 7.21. The van der Waals surface area contributed by atoms with E-state index in [1.165, 1.54) is 9.80 Å². The average molecular weight is 387 g/mol. The van der Waals surface area contributed by atoms with Crippen LogP contribution in [0.2, 0.25) is 5.02 Å². The van der Waals surface area contributed by atoms with E-state index < -0.39 is 6.04 Å². The first-order chi connectivity index (χ1) is 12.8. The van der Waals surface area contributed by atoms with Crippen LogP contribution in [0, 0.1) is 6.92 Å². The van der Waals surface area contributed by atoms with Gasteiger partial charge in [0.25, 0.3) is 5.91 Å². The van der Waals surface area contributed by atoms with Crippen LogP contribution in [0.3, 0.4) is 0 Å². The molecule has 3 amide bonds. The number of fused-ring (bicyclic) bond motifs is 3. The molecule has 0 saturated carbocycles. The summed E-state index contributed by atoms with van der Waals surface area (Å²) in [7, 11) is 1.66. The van der Waals surface area contributed by atoms with Gasteiger partial charge in [0.15, 0.2) is 0 Å². The molecule has 1 aromatic heterocycles. The molecule has 27 heavy (non-hydrogen) atoms. The molecule has 3 heterocycles. The van der Waals surface area contributed by atoms with Gasteiger partial charge in [-0.25, -0.2) is 13.9 Å². The summed E-state index contributed by atoms with van der Waals surface area (Å²) >= 11 is 5.93. The molecule has 4 rings (SSSR count). The second kappa shape index (κ2) is 6.20. The number of carbonyl (C=O) groups is 2. The zero-order valence-electron chi connectivity index (χ0n) is 15.7. The number of aromatic nitrogens is 2. The SMILES string of the molecule is Cc1c[n+]2c(n1C(C)C)N=C1C2C(=O)N(Cc2ccc(Cl)cc2)C(=O)N1C. The number of imide groups is 1. The fourth-order valence-electron chi connectivity index (χ4n) is 3.76. The number of aliphatic imine (C=N–C) groups is 1. The number of amides is 3. The number of hydrogen-bond donors (Lipinski definition) is 0. The molecule has 1 atom stereocenters. The van der Waals surface area contributed by atoms with Gasteiger partial charge in [-0.2, -0.15) is 0 Å². The average Bonchev–Trinajstić information content (AvgIpc) is 3.12. The summed E-state index contributed by atoms with van der Waals surface area (Å²) in [5, 5.41) is 0.614. The summed E-state index contributed by atoms with van der Waals surface area (Å²) in [5.41, 5.74) is 1.87. The summed E-state index contributed by atoms with van der Waals surface area (Å²) in [4.78, 5) is 33.4. The minimum absolute atomic E-state index is 0.197. The Bertz CT molecular complexity index is 977. The topological polar surface area (TPSA) is 61.8 Å². The lowest BCUT2D eigenvalue weighted by atomic mass is 10.1. The van der Waals surface area contributed by atoms with E-state index in [2.05, 4.69) is 23.4 Å². The standard InChI is InChI=1S/C19H21ClN5O2/c1-11(2)25-12(3)9-23-15-16(21-18(23)25)22(4)19(27)24(17(15)26)10-13-5-7-14(20)8-6-13/h5-9,11,15H,10H2,1-4H3/q+1. The Morgan fingerprint density at radius 1 is 1.22 bits per heavy atom. The van der Waals surface area contributed by atoms with Gasteiger partial charge in [-0.15, -0.1) is 0 Å².